The largest absolute Gasteiger partial charge is 0.573 e. The molecule has 0 bridgehead atoms. The maximum absolute atomic E-state index is 13.0. The summed E-state index contributed by atoms with van der Waals surface area (Å²) in [4.78, 5) is 11.5. The van der Waals surface area contributed by atoms with Gasteiger partial charge in [-0.2, -0.15) is 0 Å². The van der Waals surface area contributed by atoms with Crippen molar-refractivity contribution in [3.8, 4) is 5.75 Å². The molecule has 1 aromatic heterocycles. The zero-order valence-electron chi connectivity index (χ0n) is 21.8. The Hall–Kier alpha value is -3.62. The highest BCUT2D eigenvalue weighted by Crippen LogP contribution is 2.40. The summed E-state index contributed by atoms with van der Waals surface area (Å²) < 4.78 is 56.4. The van der Waals surface area contributed by atoms with Gasteiger partial charge in [-0.1, -0.05) is 19.9 Å². The van der Waals surface area contributed by atoms with Crippen molar-refractivity contribution >= 4 is 16.9 Å². The van der Waals surface area contributed by atoms with Crippen LogP contribution in [0.25, 0.3) is 10.9 Å². The fourth-order valence-corrected chi connectivity index (χ4v) is 5.09. The number of methoxy groups -OCH3 is 1. The molecule has 0 saturated carbocycles. The molecule has 2 aliphatic carbocycles. The molecule has 0 fully saturated rings. The molecule has 1 aromatic carbocycles. The van der Waals surface area contributed by atoms with E-state index in [9.17, 15) is 23.1 Å². The van der Waals surface area contributed by atoms with Gasteiger partial charge in [0.15, 0.2) is 6.10 Å². The lowest BCUT2D eigenvalue weighted by Crippen LogP contribution is -2.23. The number of hydrogen-bond donors (Lipinski definition) is 1. The van der Waals surface area contributed by atoms with Crippen LogP contribution in [0.3, 0.4) is 0 Å². The maximum Gasteiger partial charge on any atom is 0.573 e. The smallest absolute Gasteiger partial charge is 0.497 e. The summed E-state index contributed by atoms with van der Waals surface area (Å²) in [5, 5.41) is 10.2. The van der Waals surface area contributed by atoms with Gasteiger partial charge in [0.1, 0.15) is 17.3 Å². The van der Waals surface area contributed by atoms with E-state index in [-0.39, 0.29) is 17.6 Å². The summed E-state index contributed by atoms with van der Waals surface area (Å²) in [5.74, 6) is 0.138. The average Bonchev–Trinajstić information content (AvgIpc) is 3.13. The third kappa shape index (κ3) is 5.92. The number of rotatable bonds is 9. The van der Waals surface area contributed by atoms with Crippen molar-refractivity contribution in [1.29, 1.82) is 0 Å². The molecular formula is C29H32F3NO5. The van der Waals surface area contributed by atoms with Crippen molar-refractivity contribution in [2.45, 2.75) is 65.0 Å². The van der Waals surface area contributed by atoms with Crippen molar-refractivity contribution in [2.75, 3.05) is 7.11 Å². The van der Waals surface area contributed by atoms with Gasteiger partial charge in [0.05, 0.1) is 12.6 Å². The molecule has 0 saturated heterocycles. The molecule has 9 heteroatoms. The number of nitrogens with zero attached hydrogens (tertiary/aromatic N) is 1. The first kappa shape index (κ1) is 27.4. The van der Waals surface area contributed by atoms with Gasteiger partial charge in [0, 0.05) is 29.6 Å². The summed E-state index contributed by atoms with van der Waals surface area (Å²) in [6.45, 7) is 6.20. The van der Waals surface area contributed by atoms with E-state index in [4.69, 9.17) is 9.47 Å². The molecule has 1 N–H and O–H groups in total. The second kappa shape index (κ2) is 11.0. The van der Waals surface area contributed by atoms with E-state index in [0.717, 1.165) is 28.0 Å². The number of carboxylic acids is 1. The fourth-order valence-electron chi connectivity index (χ4n) is 5.09. The summed E-state index contributed by atoms with van der Waals surface area (Å²) in [7, 11) is 1.61. The first-order valence-corrected chi connectivity index (χ1v) is 12.6. The molecule has 2 aromatic rings. The molecule has 0 aliphatic heterocycles. The Morgan fingerprint density at radius 1 is 1.21 bits per heavy atom. The van der Waals surface area contributed by atoms with Gasteiger partial charge in [-0.05, 0) is 79.7 Å². The van der Waals surface area contributed by atoms with Crippen LogP contribution in [-0.2, 0) is 20.8 Å². The number of ether oxygens (including phenoxy) is 3. The van der Waals surface area contributed by atoms with Crippen molar-refractivity contribution < 1.29 is 37.3 Å². The molecule has 2 aliphatic rings. The normalized spacial score (nSPS) is 20.4. The quantitative estimate of drug-likeness (QED) is 0.372. The number of allylic oxidation sites excluding steroid dienone is 6. The number of carbonyl (C=O) groups is 1. The minimum Gasteiger partial charge on any atom is -0.497 e. The molecule has 0 amide bonds. The van der Waals surface area contributed by atoms with Crippen molar-refractivity contribution in [3.63, 3.8) is 0 Å². The fraction of sp³-hybridized carbons (Fsp3) is 0.414. The van der Waals surface area contributed by atoms with Crippen LogP contribution in [0.2, 0.25) is 0 Å². The van der Waals surface area contributed by atoms with Crippen molar-refractivity contribution in [1.82, 2.24) is 4.57 Å². The molecule has 4 rings (SSSR count). The first-order chi connectivity index (χ1) is 18.0. The van der Waals surface area contributed by atoms with Crippen LogP contribution < -0.4 is 4.74 Å². The first-order valence-electron chi connectivity index (χ1n) is 12.6. The predicted octanol–water partition coefficient (Wildman–Crippen LogP) is 7.15. The highest BCUT2D eigenvalue weighted by molar-refractivity contribution is 5.88. The number of halogens is 3. The number of aliphatic carboxylic acids is 1. The second-order valence-electron chi connectivity index (χ2n) is 9.64. The molecule has 0 radical (unpaired) electrons. The Morgan fingerprint density at radius 2 is 1.95 bits per heavy atom. The Kier molecular flexibility index (Phi) is 7.94. The predicted molar refractivity (Wildman–Crippen MR) is 138 cm³/mol. The summed E-state index contributed by atoms with van der Waals surface area (Å²) in [6, 6.07) is 4.46. The number of alkyl halides is 3. The monoisotopic (exact) mass is 531 g/mol. The number of hydrogen-bond acceptors (Lipinski definition) is 4. The lowest BCUT2D eigenvalue weighted by Gasteiger charge is -2.24. The maximum atomic E-state index is 13.0. The van der Waals surface area contributed by atoms with Crippen LogP contribution in [0.4, 0.5) is 13.2 Å². The van der Waals surface area contributed by atoms with Crippen LogP contribution in [0, 0.1) is 12.8 Å². The Balaban J connectivity index is 1.76. The van der Waals surface area contributed by atoms with Gasteiger partial charge >= 0.3 is 12.3 Å². The molecule has 6 nitrogen and oxygen atoms in total. The minimum absolute atomic E-state index is 0.0319. The van der Waals surface area contributed by atoms with Crippen molar-refractivity contribution in [2.24, 2.45) is 5.92 Å². The van der Waals surface area contributed by atoms with Gasteiger partial charge in [0.25, 0.3) is 0 Å². The molecule has 3 unspecified atom stereocenters. The minimum atomic E-state index is -4.80. The van der Waals surface area contributed by atoms with Crippen LogP contribution in [0.5, 0.6) is 5.75 Å². The molecule has 204 valence electrons. The average molecular weight is 532 g/mol. The van der Waals surface area contributed by atoms with Gasteiger partial charge < -0.3 is 23.9 Å². The number of carboxylic acid groups (broad SMARTS) is 1. The van der Waals surface area contributed by atoms with E-state index in [1.54, 1.807) is 20.1 Å². The third-order valence-electron chi connectivity index (χ3n) is 7.15. The lowest BCUT2D eigenvalue weighted by molar-refractivity contribution is -0.274. The van der Waals surface area contributed by atoms with E-state index in [1.807, 2.05) is 35.8 Å². The van der Waals surface area contributed by atoms with Crippen molar-refractivity contribution in [3.05, 3.63) is 76.9 Å². The summed E-state index contributed by atoms with van der Waals surface area (Å²) in [5.41, 5.74) is 3.61. The number of benzene rings is 1. The van der Waals surface area contributed by atoms with E-state index < -0.39 is 18.4 Å². The number of fused-ring (bicyclic) bond motifs is 1. The Bertz CT molecular complexity index is 1330. The van der Waals surface area contributed by atoms with E-state index in [1.165, 1.54) is 12.1 Å². The Morgan fingerprint density at radius 3 is 2.55 bits per heavy atom. The lowest BCUT2D eigenvalue weighted by atomic mass is 9.90. The van der Waals surface area contributed by atoms with Crippen LogP contribution in [-0.4, -0.2) is 35.2 Å². The van der Waals surface area contributed by atoms with Gasteiger partial charge in [0.2, 0.25) is 0 Å². The third-order valence-corrected chi connectivity index (χ3v) is 7.15. The van der Waals surface area contributed by atoms with E-state index >= 15 is 0 Å². The van der Waals surface area contributed by atoms with Gasteiger partial charge in [-0.3, -0.25) is 0 Å². The molecule has 38 heavy (non-hydrogen) atoms. The van der Waals surface area contributed by atoms with E-state index in [0.29, 0.717) is 37.1 Å². The standard InChI is InChI=1S/C29H32F3NO5/c1-5-26(28(34)35)37-22-9-6-17(2)20(14-22)16-33-18(3)27(19-7-10-21(36-4)11-8-19)24-13-12-23(15-25(24)33)38-29(30,31)32/h7,9-15,17,19,26H,5-6,8,16H2,1-4H3,(H,34,35). The highest BCUT2D eigenvalue weighted by Gasteiger charge is 2.32. The summed E-state index contributed by atoms with van der Waals surface area (Å²) in [6.07, 6.45) is 5.65. The number of aromatic nitrogens is 1. The zero-order valence-corrected chi connectivity index (χ0v) is 21.8. The molecule has 0 spiro atoms. The molecule has 1 heterocycles. The van der Waals surface area contributed by atoms with Gasteiger partial charge in [-0.25, -0.2) is 4.79 Å². The zero-order chi connectivity index (χ0) is 27.6. The topological polar surface area (TPSA) is 69.9 Å². The molecule has 3 atom stereocenters. The summed E-state index contributed by atoms with van der Waals surface area (Å²) >= 11 is 0. The highest BCUT2D eigenvalue weighted by atomic mass is 19.4. The second-order valence-corrected chi connectivity index (χ2v) is 9.64. The SMILES string of the molecule is CCC(OC1=CCC(C)C(Cn2c(C)c(C3C=CC(OC)=CC3)c3ccc(OC(F)(F)F)cc32)=C1)C(=O)O. The van der Waals surface area contributed by atoms with Gasteiger partial charge in [-0.15, -0.1) is 13.2 Å². The Labute approximate surface area is 219 Å². The van der Waals surface area contributed by atoms with Crippen LogP contribution in [0.15, 0.2) is 65.7 Å². The van der Waals surface area contributed by atoms with E-state index in [2.05, 4.69) is 17.7 Å². The molecular weight excluding hydrogens is 499 g/mol. The van der Waals surface area contributed by atoms with Crippen LogP contribution >= 0.6 is 0 Å². The van der Waals surface area contributed by atoms with Crippen LogP contribution in [0.1, 0.15) is 50.3 Å².